The molecule has 0 amide bonds. The number of thiazole rings is 2. The molecule has 8 aliphatic rings. The maximum atomic E-state index is 13.6. The molecule has 20 heteroatoms. The number of hydrogen-bond acceptors (Lipinski definition) is 19. The van der Waals surface area contributed by atoms with E-state index in [9.17, 15) is 19.2 Å². The Morgan fingerprint density at radius 3 is 1.60 bits per heavy atom. The van der Waals surface area contributed by atoms with Crippen LogP contribution in [0.5, 0.6) is 0 Å². The average molecular weight is 1790 g/mol. The minimum absolute atomic E-state index is 0. The predicted molar refractivity (Wildman–Crippen MR) is 522 cm³/mol. The van der Waals surface area contributed by atoms with Crippen LogP contribution in [0.2, 0.25) is 0 Å². The van der Waals surface area contributed by atoms with E-state index in [1.54, 1.807) is 11.3 Å². The first kappa shape index (κ1) is 82.7. The Morgan fingerprint density at radius 2 is 0.929 bits per heavy atom. The van der Waals surface area contributed by atoms with E-state index in [0.717, 1.165) is 149 Å². The molecule has 2 fully saturated rings. The van der Waals surface area contributed by atoms with Gasteiger partial charge in [-0.15, -0.1) is 22.7 Å². The van der Waals surface area contributed by atoms with E-state index in [0.29, 0.717) is 55.3 Å². The fraction of sp³-hybridized carbons (Fsp3) is 0.364. The summed E-state index contributed by atoms with van der Waals surface area (Å²) in [4.78, 5) is 81.0. The number of para-hydroxylation sites is 3. The fourth-order valence-electron chi connectivity index (χ4n) is 22.5. The first-order valence-corrected chi connectivity index (χ1v) is 48.4. The normalized spacial score (nSPS) is 18.2. The second-order valence-electron chi connectivity index (χ2n) is 39.8. The number of benzene rings is 9. The van der Waals surface area contributed by atoms with Crippen molar-refractivity contribution in [1.29, 1.82) is 0 Å². The molecule has 0 unspecified atom stereocenters. The van der Waals surface area contributed by atoms with E-state index in [4.69, 9.17) is 37.0 Å². The van der Waals surface area contributed by atoms with E-state index >= 15 is 0 Å². The van der Waals surface area contributed by atoms with Crippen molar-refractivity contribution in [2.24, 2.45) is 10.8 Å². The number of nitrogens with zero attached hydrogens (tertiary/aromatic N) is 8. The summed E-state index contributed by atoms with van der Waals surface area (Å²) in [6, 6.07) is 56.8. The molecule has 25 rings (SSSR count). The first-order chi connectivity index (χ1) is 60.7. The van der Waals surface area contributed by atoms with Crippen LogP contribution in [0.4, 0.5) is 22.7 Å². The monoisotopic (exact) mass is 1790 g/mol. The standard InChI is InChI=1S/C32H34N2O2Se.C30H28N2O3.C26H26N2O2S.C18H14N2O2S.CH4/c35-30-23(29-33-24-9-3-4-10-25(24)37-29)18-21-17-22-19-31(11-5-1-6-12-31)20-34-16-15-32(13-7-2-8-14-32)26(27(22)34)28(21)36-30;1-29(2)15-19-13-18-14-21(27-31-24-20-8-6-5-7-17(20)9-10-22(24)34-27)28(33)35-26(18)23-25(19)32(16-29)12-11-30(23,3)4;1-25(2)9-11-28-12-10-26(3,4)20-21(28)17(25)14-15-13-16(24(29)30-22(15)20)23-27-18-7-5-6-8-19(18)31-23;1-20(2)12-8-7-11-9-13(18(21)22-15(11)10-12)17-19-14-5-3-4-6-16(14)23-17;/h3-4,9-10,17-18H,1-2,5-8,11-16,19-20H2;5-10,13-14H,11-12,15-16H2,1-4H3;5-8,13-14H,9-12H2,1-4H3;3-10H,1-2H3;1H4. The van der Waals surface area contributed by atoms with Crippen molar-refractivity contribution in [3.63, 3.8) is 0 Å². The van der Waals surface area contributed by atoms with Crippen LogP contribution in [0.15, 0.2) is 211 Å². The van der Waals surface area contributed by atoms with Crippen molar-refractivity contribution in [3.05, 3.63) is 245 Å². The van der Waals surface area contributed by atoms with Gasteiger partial charge in [-0.05, 0) is 137 Å². The number of anilines is 4. The Bertz CT molecular complexity index is 7510. The van der Waals surface area contributed by atoms with Gasteiger partial charge in [-0.3, -0.25) is 0 Å². The topological polar surface area (TPSA) is 198 Å². The Hall–Kier alpha value is -11.3. The van der Waals surface area contributed by atoms with Crippen LogP contribution >= 0.6 is 22.7 Å². The molecule has 0 N–H and O–H groups in total. The summed E-state index contributed by atoms with van der Waals surface area (Å²) in [5.41, 5.74) is 21.8. The molecule has 0 saturated heterocycles. The van der Waals surface area contributed by atoms with Gasteiger partial charge >= 0.3 is 241 Å². The molecule has 646 valence electrons. The zero-order chi connectivity index (χ0) is 86.2. The second-order valence-corrected chi connectivity index (χ2v) is 44.1. The first-order valence-electron chi connectivity index (χ1n) is 45.0. The number of fused-ring (bicyclic) bond motifs is 14. The van der Waals surface area contributed by atoms with Crippen LogP contribution in [0.3, 0.4) is 0 Å². The number of oxazole rings is 1. The quantitative estimate of drug-likeness (QED) is 0.116. The third-order valence-electron chi connectivity index (χ3n) is 29.0. The van der Waals surface area contributed by atoms with E-state index in [2.05, 4.69) is 124 Å². The zero-order valence-electron chi connectivity index (χ0n) is 73.2. The zero-order valence-corrected chi connectivity index (χ0v) is 76.5. The average Bonchev–Trinajstić information content (AvgIpc) is 0.990. The van der Waals surface area contributed by atoms with Crippen molar-refractivity contribution in [2.75, 3.05) is 73.0 Å². The van der Waals surface area contributed by atoms with Crippen molar-refractivity contribution >= 4 is 156 Å². The molecule has 0 atom stereocenters. The van der Waals surface area contributed by atoms with E-state index < -0.39 is 5.63 Å². The predicted octanol–water partition coefficient (Wildman–Crippen LogP) is 24.8. The van der Waals surface area contributed by atoms with Gasteiger partial charge in [0.2, 0.25) is 5.89 Å². The van der Waals surface area contributed by atoms with Crippen molar-refractivity contribution in [1.82, 2.24) is 19.9 Å². The molecule has 2 aliphatic carbocycles. The van der Waals surface area contributed by atoms with Crippen molar-refractivity contribution < 1.29 is 22.1 Å². The number of hydrogen-bond donors (Lipinski definition) is 0. The molecule has 17 aromatic rings. The fourth-order valence-corrected chi connectivity index (χ4v) is 26.4. The SMILES string of the molecule is C.CC1(C)CCN2CCC(C)(C)c3c2c1cc1cc(-c2nc4ccccc4s2)c(=O)oc31.CC1(C)Cc2cc3cc(-c4nc5c(ccc6ccccc65)o4)c(=O)oc3c3c2N(CCC3(C)C)C1.CN(C)c1ccc2cc(-c3nc4ccccc4s3)c(=O)oc2c1.O=c1oc2c3c4c(cc2cc1-c1nc2ccccc2[se]1)CC1(CCCCC1)CN4CCC31CCCCC1. The van der Waals surface area contributed by atoms with Crippen LogP contribution in [-0.2, 0) is 34.5 Å². The number of aromatic nitrogens is 4. The summed E-state index contributed by atoms with van der Waals surface area (Å²) in [5.74, 6) is 0.305. The van der Waals surface area contributed by atoms with Crippen LogP contribution in [-0.4, -0.2) is 87.8 Å². The Kier molecular flexibility index (Phi) is 20.2. The van der Waals surface area contributed by atoms with Gasteiger partial charge in [0.15, 0.2) is 5.58 Å². The van der Waals surface area contributed by atoms with E-state index in [1.807, 2.05) is 140 Å². The van der Waals surface area contributed by atoms with Gasteiger partial charge in [-0.2, -0.15) is 0 Å². The molecule has 2 spiro atoms. The van der Waals surface area contributed by atoms with Crippen molar-refractivity contribution in [2.45, 2.75) is 187 Å². The van der Waals surface area contributed by atoms with Crippen LogP contribution in [0, 0.1) is 10.8 Å². The molecule has 9 aromatic carbocycles. The van der Waals surface area contributed by atoms with Gasteiger partial charge in [0.05, 0.1) is 31.6 Å². The summed E-state index contributed by atoms with van der Waals surface area (Å²) >= 11 is 3.08. The number of rotatable bonds is 5. The third-order valence-corrected chi connectivity index (χ3v) is 33.4. The Labute approximate surface area is 751 Å². The molecular formula is C107H106N8O9S2Se. The summed E-state index contributed by atoms with van der Waals surface area (Å²) in [5, 5.41) is 7.47. The van der Waals surface area contributed by atoms with Gasteiger partial charge in [0, 0.05) is 96.1 Å². The molecule has 0 bridgehead atoms. The maximum absolute atomic E-state index is 13.6. The third kappa shape index (κ3) is 14.3. The van der Waals surface area contributed by atoms with E-state index in [-0.39, 0.29) is 65.9 Å². The molecule has 2 saturated carbocycles. The second kappa shape index (κ2) is 31.0. The van der Waals surface area contributed by atoms with Gasteiger partial charge in [0.1, 0.15) is 37.8 Å². The summed E-state index contributed by atoms with van der Waals surface area (Å²) < 4.78 is 34.5. The van der Waals surface area contributed by atoms with Crippen LogP contribution in [0.25, 0.3) is 139 Å². The van der Waals surface area contributed by atoms with Gasteiger partial charge in [-0.25, -0.2) is 29.3 Å². The molecule has 17 nitrogen and oxygen atoms in total. The van der Waals surface area contributed by atoms with Gasteiger partial charge in [-0.1, -0.05) is 117 Å². The Balaban J connectivity index is 0.000000104. The van der Waals surface area contributed by atoms with Crippen molar-refractivity contribution in [3.8, 4) is 42.7 Å². The summed E-state index contributed by atoms with van der Waals surface area (Å²) in [7, 11) is 3.91. The van der Waals surface area contributed by atoms with Crippen LogP contribution in [0.1, 0.15) is 186 Å². The van der Waals surface area contributed by atoms with E-state index in [1.165, 1.54) is 150 Å². The Morgan fingerprint density at radius 1 is 0.409 bits per heavy atom. The van der Waals surface area contributed by atoms with Gasteiger partial charge < -0.3 is 32.4 Å². The molecule has 14 heterocycles. The summed E-state index contributed by atoms with van der Waals surface area (Å²) in [6.07, 6.45) is 19.8. The minimum atomic E-state index is -0.409. The molecule has 127 heavy (non-hydrogen) atoms. The summed E-state index contributed by atoms with van der Waals surface area (Å²) in [6.45, 7) is 24.9. The molecule has 8 aromatic heterocycles. The molecule has 6 aliphatic heterocycles. The van der Waals surface area contributed by atoms with Crippen LogP contribution < -0.4 is 42.1 Å². The van der Waals surface area contributed by atoms with Gasteiger partial charge in [0.25, 0.3) is 0 Å². The molecular weight excluding hydrogens is 1680 g/mol. The molecule has 0 radical (unpaired) electrons.